The van der Waals surface area contributed by atoms with E-state index in [1.165, 1.54) is 38.2 Å². The molecule has 3 nitrogen and oxygen atoms in total. The van der Waals surface area contributed by atoms with Crippen LogP contribution in [0.1, 0.15) is 32.8 Å². The van der Waals surface area contributed by atoms with Crippen molar-refractivity contribution >= 4 is 5.82 Å². The molecule has 3 heterocycles. The molecule has 0 atom stereocenters. The largest absolute Gasteiger partial charge is 0.356 e. The number of nitrogens with zero attached hydrogens (tertiary/aromatic N) is 3. The fourth-order valence-corrected chi connectivity index (χ4v) is 3.29. The first-order chi connectivity index (χ1) is 9.41. The van der Waals surface area contributed by atoms with E-state index in [0.717, 1.165) is 17.7 Å². The Balaban J connectivity index is 1.40. The lowest BCUT2D eigenvalue weighted by atomic mass is 9.82. The normalized spacial score (nSPS) is 21.7. The predicted molar refractivity (Wildman–Crippen MR) is 84.1 cm³/mol. The molecule has 2 aliphatic rings. The van der Waals surface area contributed by atoms with Gasteiger partial charge in [-0.3, -0.25) is 4.90 Å². The summed E-state index contributed by atoms with van der Waals surface area (Å²) in [6.45, 7) is 14.0. The summed E-state index contributed by atoms with van der Waals surface area (Å²) in [5.74, 6) is 2.95. The van der Waals surface area contributed by atoms with Crippen molar-refractivity contribution in [3.8, 4) is 0 Å². The zero-order valence-electron chi connectivity index (χ0n) is 13.3. The first-order valence-electron chi connectivity index (χ1n) is 7.84. The Morgan fingerprint density at radius 2 is 1.75 bits per heavy atom. The lowest BCUT2D eigenvalue weighted by Crippen LogP contribution is -2.58. The van der Waals surface area contributed by atoms with Crippen LogP contribution in [0.5, 0.6) is 0 Å². The van der Waals surface area contributed by atoms with Crippen LogP contribution in [0, 0.1) is 18.8 Å². The molecule has 3 heteroatoms. The van der Waals surface area contributed by atoms with Gasteiger partial charge in [0.05, 0.1) is 0 Å². The van der Waals surface area contributed by atoms with Crippen molar-refractivity contribution in [1.29, 1.82) is 0 Å². The predicted octanol–water partition coefficient (Wildman–Crippen LogP) is 2.95. The summed E-state index contributed by atoms with van der Waals surface area (Å²) in [7, 11) is 0. The van der Waals surface area contributed by atoms with Crippen LogP contribution in [0.3, 0.4) is 0 Å². The standard InChI is InChI=1S/C17H27N3/c1-13-5-6-16(18-8-13)19-9-14(10-19)7-15-11-20(12-15)17(2,3)4/h5-6,8,14-15H,7,9-12H2,1-4H3. The molecule has 2 aliphatic heterocycles. The highest BCUT2D eigenvalue weighted by atomic mass is 15.3. The number of hydrogen-bond acceptors (Lipinski definition) is 3. The van der Waals surface area contributed by atoms with Gasteiger partial charge < -0.3 is 4.90 Å². The second-order valence-corrected chi connectivity index (χ2v) is 7.64. The monoisotopic (exact) mass is 273 g/mol. The molecule has 3 rings (SSSR count). The van der Waals surface area contributed by atoms with E-state index in [9.17, 15) is 0 Å². The average Bonchev–Trinajstić information content (AvgIpc) is 2.25. The Kier molecular flexibility index (Phi) is 3.49. The molecule has 2 fully saturated rings. The molecule has 0 aliphatic carbocycles. The van der Waals surface area contributed by atoms with Crippen molar-refractivity contribution in [2.45, 2.75) is 39.7 Å². The van der Waals surface area contributed by atoms with Gasteiger partial charge in [-0.1, -0.05) is 6.07 Å². The van der Waals surface area contributed by atoms with Gasteiger partial charge in [0.2, 0.25) is 0 Å². The van der Waals surface area contributed by atoms with E-state index in [4.69, 9.17) is 0 Å². The second-order valence-electron chi connectivity index (χ2n) is 7.64. The van der Waals surface area contributed by atoms with Crippen molar-refractivity contribution in [2.24, 2.45) is 11.8 Å². The smallest absolute Gasteiger partial charge is 0.128 e. The summed E-state index contributed by atoms with van der Waals surface area (Å²) in [5.41, 5.74) is 1.59. The zero-order valence-corrected chi connectivity index (χ0v) is 13.3. The van der Waals surface area contributed by atoms with Gasteiger partial charge in [0.15, 0.2) is 0 Å². The summed E-state index contributed by atoms with van der Waals surface area (Å²) >= 11 is 0. The Bertz CT molecular complexity index is 448. The van der Waals surface area contributed by atoms with Crippen LogP contribution in [0.2, 0.25) is 0 Å². The minimum absolute atomic E-state index is 0.355. The first kappa shape index (κ1) is 13.9. The molecule has 2 saturated heterocycles. The maximum atomic E-state index is 4.51. The molecule has 0 amide bonds. The molecule has 1 aromatic heterocycles. The van der Waals surface area contributed by atoms with Gasteiger partial charge in [0.1, 0.15) is 5.82 Å². The third kappa shape index (κ3) is 2.83. The number of rotatable bonds is 3. The summed E-state index contributed by atoms with van der Waals surface area (Å²) in [6, 6.07) is 4.30. The molecule has 0 spiro atoms. The summed E-state index contributed by atoms with van der Waals surface area (Å²) in [6.07, 6.45) is 3.37. The van der Waals surface area contributed by atoms with Gasteiger partial charge in [-0.15, -0.1) is 0 Å². The summed E-state index contributed by atoms with van der Waals surface area (Å²) < 4.78 is 0. The van der Waals surface area contributed by atoms with Crippen molar-refractivity contribution in [3.05, 3.63) is 23.9 Å². The quantitative estimate of drug-likeness (QED) is 0.844. The van der Waals surface area contributed by atoms with Crippen molar-refractivity contribution in [1.82, 2.24) is 9.88 Å². The van der Waals surface area contributed by atoms with Crippen LogP contribution >= 0.6 is 0 Å². The van der Waals surface area contributed by atoms with E-state index < -0.39 is 0 Å². The number of likely N-dealkylation sites (tertiary alicyclic amines) is 1. The van der Waals surface area contributed by atoms with Gasteiger partial charge in [-0.25, -0.2) is 4.98 Å². The summed E-state index contributed by atoms with van der Waals surface area (Å²) in [4.78, 5) is 9.51. The summed E-state index contributed by atoms with van der Waals surface area (Å²) in [5, 5.41) is 0. The SMILES string of the molecule is Cc1ccc(N2CC(CC3CN(C(C)(C)C)C3)C2)nc1. The van der Waals surface area contributed by atoms with Crippen LogP contribution in [0.25, 0.3) is 0 Å². The van der Waals surface area contributed by atoms with Crippen LogP contribution in [-0.4, -0.2) is 41.6 Å². The van der Waals surface area contributed by atoms with Gasteiger partial charge in [-0.2, -0.15) is 0 Å². The third-order valence-corrected chi connectivity index (χ3v) is 4.75. The van der Waals surface area contributed by atoms with Crippen LogP contribution < -0.4 is 4.90 Å². The molecular weight excluding hydrogens is 246 g/mol. The van der Waals surface area contributed by atoms with Gasteiger partial charge >= 0.3 is 0 Å². The van der Waals surface area contributed by atoms with Crippen LogP contribution in [0.15, 0.2) is 18.3 Å². The lowest BCUT2D eigenvalue weighted by Gasteiger charge is -2.50. The number of pyridine rings is 1. The lowest BCUT2D eigenvalue weighted by molar-refractivity contribution is 0.00171. The molecule has 20 heavy (non-hydrogen) atoms. The highest BCUT2D eigenvalue weighted by Gasteiger charge is 2.38. The van der Waals surface area contributed by atoms with Gasteiger partial charge in [0.25, 0.3) is 0 Å². The number of aryl methyl sites for hydroxylation is 1. The molecule has 0 unspecified atom stereocenters. The van der Waals surface area contributed by atoms with Crippen molar-refractivity contribution in [2.75, 3.05) is 31.1 Å². The molecule has 0 radical (unpaired) electrons. The molecule has 1 aromatic rings. The Morgan fingerprint density at radius 1 is 1.10 bits per heavy atom. The highest BCUT2D eigenvalue weighted by molar-refractivity contribution is 5.42. The molecule has 0 N–H and O–H groups in total. The Hall–Kier alpha value is -1.09. The van der Waals surface area contributed by atoms with E-state index in [2.05, 4.69) is 54.6 Å². The first-order valence-corrected chi connectivity index (χ1v) is 7.84. The van der Waals surface area contributed by atoms with E-state index in [0.29, 0.717) is 5.54 Å². The Labute approximate surface area is 123 Å². The average molecular weight is 273 g/mol. The van der Waals surface area contributed by atoms with E-state index >= 15 is 0 Å². The van der Waals surface area contributed by atoms with Gasteiger partial charge in [0, 0.05) is 37.9 Å². The molecule has 0 saturated carbocycles. The number of anilines is 1. The van der Waals surface area contributed by atoms with Crippen LogP contribution in [-0.2, 0) is 0 Å². The fourth-order valence-electron chi connectivity index (χ4n) is 3.29. The molecule has 0 aromatic carbocycles. The maximum absolute atomic E-state index is 4.51. The number of hydrogen-bond donors (Lipinski definition) is 0. The van der Waals surface area contributed by atoms with Crippen molar-refractivity contribution < 1.29 is 0 Å². The van der Waals surface area contributed by atoms with E-state index in [1.807, 2.05) is 6.20 Å². The molecule has 0 bridgehead atoms. The minimum Gasteiger partial charge on any atom is -0.356 e. The van der Waals surface area contributed by atoms with Crippen LogP contribution in [0.4, 0.5) is 5.82 Å². The van der Waals surface area contributed by atoms with Gasteiger partial charge in [-0.05, 0) is 57.6 Å². The third-order valence-electron chi connectivity index (χ3n) is 4.75. The maximum Gasteiger partial charge on any atom is 0.128 e. The molecule has 110 valence electrons. The zero-order chi connectivity index (χ0) is 14.3. The van der Waals surface area contributed by atoms with E-state index in [-0.39, 0.29) is 0 Å². The number of aromatic nitrogens is 1. The Morgan fingerprint density at radius 3 is 2.30 bits per heavy atom. The minimum atomic E-state index is 0.355. The second kappa shape index (κ2) is 5.03. The topological polar surface area (TPSA) is 19.4 Å². The molecular formula is C17H27N3. The fraction of sp³-hybridized carbons (Fsp3) is 0.706. The van der Waals surface area contributed by atoms with E-state index in [1.54, 1.807) is 0 Å². The highest BCUT2D eigenvalue weighted by Crippen LogP contribution is 2.33. The van der Waals surface area contributed by atoms with Crippen molar-refractivity contribution in [3.63, 3.8) is 0 Å².